The van der Waals surface area contributed by atoms with Crippen molar-refractivity contribution in [3.05, 3.63) is 47.5 Å². The summed E-state index contributed by atoms with van der Waals surface area (Å²) >= 11 is 0. The number of piperidine rings is 1. The average molecular weight is 522 g/mol. The highest BCUT2D eigenvalue weighted by molar-refractivity contribution is 5.78. The summed E-state index contributed by atoms with van der Waals surface area (Å²) in [6.07, 6.45) is -3.25. The van der Waals surface area contributed by atoms with Gasteiger partial charge in [0.2, 0.25) is 5.91 Å². The van der Waals surface area contributed by atoms with E-state index in [1.807, 2.05) is 15.9 Å². The smallest absolute Gasteiger partial charge is 0.453 e. The van der Waals surface area contributed by atoms with Crippen molar-refractivity contribution in [2.45, 2.75) is 24.9 Å². The topological polar surface area (TPSA) is 79.1 Å². The van der Waals surface area contributed by atoms with Crippen molar-refractivity contribution in [1.82, 2.24) is 29.6 Å². The van der Waals surface area contributed by atoms with Gasteiger partial charge in [-0.3, -0.25) is 9.69 Å². The van der Waals surface area contributed by atoms with Crippen LogP contribution in [0.15, 0.2) is 30.3 Å². The number of alkyl halides is 3. The van der Waals surface area contributed by atoms with Crippen molar-refractivity contribution in [2.24, 2.45) is 0 Å². The molecule has 4 heterocycles. The number of piperazine rings is 1. The van der Waals surface area contributed by atoms with E-state index in [-0.39, 0.29) is 29.8 Å². The van der Waals surface area contributed by atoms with Crippen molar-refractivity contribution in [3.63, 3.8) is 0 Å². The number of ether oxygens (including phenoxy) is 1. The molecule has 13 heteroatoms. The van der Waals surface area contributed by atoms with Gasteiger partial charge in [0.25, 0.3) is 5.82 Å². The third kappa shape index (κ3) is 5.45. The molecule has 0 spiro atoms. The lowest BCUT2D eigenvalue weighted by atomic mass is 9.89. The number of anilines is 1. The first-order valence-electron chi connectivity index (χ1n) is 12.1. The maximum atomic E-state index is 14.8. The van der Waals surface area contributed by atoms with Crippen LogP contribution in [0.25, 0.3) is 5.65 Å². The van der Waals surface area contributed by atoms with Crippen molar-refractivity contribution in [3.8, 4) is 5.75 Å². The summed E-state index contributed by atoms with van der Waals surface area (Å²) in [6.45, 7) is 3.72. The zero-order chi connectivity index (χ0) is 26.2. The molecule has 0 N–H and O–H groups in total. The van der Waals surface area contributed by atoms with Crippen LogP contribution in [-0.4, -0.2) is 88.4 Å². The second-order valence-corrected chi connectivity index (χ2v) is 9.37. The van der Waals surface area contributed by atoms with E-state index in [9.17, 15) is 22.4 Å². The van der Waals surface area contributed by atoms with Gasteiger partial charge in [-0.15, -0.1) is 15.3 Å². The second-order valence-electron chi connectivity index (χ2n) is 9.37. The summed E-state index contributed by atoms with van der Waals surface area (Å²) in [5.41, 5.74) is 0.886. The van der Waals surface area contributed by atoms with Crippen LogP contribution < -0.4 is 9.64 Å². The molecule has 5 rings (SSSR count). The molecule has 0 radical (unpaired) electrons. The number of amides is 1. The number of hydrogen-bond acceptors (Lipinski definition) is 7. The predicted octanol–water partition coefficient (Wildman–Crippen LogP) is 2.82. The quantitative estimate of drug-likeness (QED) is 0.462. The van der Waals surface area contributed by atoms with Gasteiger partial charge in [-0.25, -0.2) is 4.39 Å². The van der Waals surface area contributed by atoms with Crippen molar-refractivity contribution >= 4 is 17.4 Å². The molecule has 0 aliphatic carbocycles. The Morgan fingerprint density at radius 2 is 1.84 bits per heavy atom. The first-order valence-corrected chi connectivity index (χ1v) is 12.1. The highest BCUT2D eigenvalue weighted by atomic mass is 19.4. The van der Waals surface area contributed by atoms with E-state index < -0.39 is 17.8 Å². The molecule has 2 fully saturated rings. The van der Waals surface area contributed by atoms with Gasteiger partial charge >= 0.3 is 6.18 Å². The average Bonchev–Trinajstić information content (AvgIpc) is 3.31. The largest absolute Gasteiger partial charge is 0.489 e. The SMILES string of the molecule is CN1CCN(CCOc2ccc(C3CCN(c4ccc5nnc(C(F)(F)F)n5n4)CC3)cc2F)CC1=O. The minimum Gasteiger partial charge on any atom is -0.489 e. The molecule has 1 aromatic carbocycles. The molecule has 37 heavy (non-hydrogen) atoms. The van der Waals surface area contributed by atoms with Crippen LogP contribution in [0.1, 0.15) is 30.1 Å². The Bertz CT molecular complexity index is 1270. The molecule has 9 nitrogen and oxygen atoms in total. The lowest BCUT2D eigenvalue weighted by Crippen LogP contribution is -2.49. The Labute approximate surface area is 210 Å². The lowest BCUT2D eigenvalue weighted by molar-refractivity contribution is -0.146. The summed E-state index contributed by atoms with van der Waals surface area (Å²) < 4.78 is 60.6. The number of likely N-dealkylation sites (N-methyl/N-ethyl adjacent to an activating group) is 1. The molecule has 1 amide bonds. The summed E-state index contributed by atoms with van der Waals surface area (Å²) in [7, 11) is 1.78. The monoisotopic (exact) mass is 521 g/mol. The standard InChI is InChI=1S/C24H27F4N7O2/c1-32-10-11-33(15-22(32)36)12-13-37-19-3-2-17(14-18(19)25)16-6-8-34(9-7-16)21-5-4-20-29-30-23(24(26,27)28)35(20)31-21/h2-5,14,16H,6-13,15H2,1H3. The molecule has 198 valence electrons. The van der Waals surface area contributed by atoms with Gasteiger partial charge in [0.05, 0.1) is 6.54 Å². The van der Waals surface area contributed by atoms with Crippen LogP contribution in [0.5, 0.6) is 5.75 Å². The van der Waals surface area contributed by atoms with Gasteiger partial charge in [-0.2, -0.15) is 17.7 Å². The second kappa shape index (κ2) is 10.1. The predicted molar refractivity (Wildman–Crippen MR) is 126 cm³/mol. The molecule has 0 saturated carbocycles. The van der Waals surface area contributed by atoms with Gasteiger partial charge < -0.3 is 14.5 Å². The molecule has 2 saturated heterocycles. The normalized spacial score (nSPS) is 18.1. The Balaban J connectivity index is 1.16. The van der Waals surface area contributed by atoms with E-state index in [1.54, 1.807) is 24.1 Å². The molecule has 2 aliphatic heterocycles. The van der Waals surface area contributed by atoms with Crippen LogP contribution in [0.3, 0.4) is 0 Å². The van der Waals surface area contributed by atoms with Crippen LogP contribution in [0, 0.1) is 5.82 Å². The molecule has 2 aromatic heterocycles. The number of rotatable bonds is 6. The number of benzene rings is 1. The maximum absolute atomic E-state index is 14.8. The van der Waals surface area contributed by atoms with Gasteiger partial charge in [0.15, 0.2) is 17.2 Å². The van der Waals surface area contributed by atoms with Crippen molar-refractivity contribution < 1.29 is 27.1 Å². The van der Waals surface area contributed by atoms with E-state index in [1.165, 1.54) is 12.1 Å². The zero-order valence-corrected chi connectivity index (χ0v) is 20.3. The van der Waals surface area contributed by atoms with E-state index in [0.29, 0.717) is 51.4 Å². The highest BCUT2D eigenvalue weighted by Gasteiger charge is 2.38. The van der Waals surface area contributed by atoms with Crippen LogP contribution in [-0.2, 0) is 11.0 Å². The summed E-state index contributed by atoms with van der Waals surface area (Å²) in [4.78, 5) is 17.4. The first kappa shape index (κ1) is 25.2. The van der Waals surface area contributed by atoms with Crippen molar-refractivity contribution in [2.75, 3.05) is 57.8 Å². The fourth-order valence-electron chi connectivity index (χ4n) is 4.74. The first-order chi connectivity index (χ1) is 17.7. The summed E-state index contributed by atoms with van der Waals surface area (Å²) in [6, 6.07) is 8.08. The number of halogens is 4. The van der Waals surface area contributed by atoms with Gasteiger partial charge in [0.1, 0.15) is 12.4 Å². The van der Waals surface area contributed by atoms with E-state index in [4.69, 9.17) is 4.74 Å². The van der Waals surface area contributed by atoms with Gasteiger partial charge in [0, 0.05) is 39.8 Å². The number of carbonyl (C=O) groups is 1. The van der Waals surface area contributed by atoms with Crippen molar-refractivity contribution in [1.29, 1.82) is 0 Å². The number of carbonyl (C=O) groups excluding carboxylic acids is 1. The summed E-state index contributed by atoms with van der Waals surface area (Å²) in [5.74, 6) is -0.834. The molecular weight excluding hydrogens is 494 g/mol. The summed E-state index contributed by atoms with van der Waals surface area (Å²) in [5, 5.41) is 10.9. The fourth-order valence-corrected chi connectivity index (χ4v) is 4.74. The van der Waals surface area contributed by atoms with Crippen LogP contribution in [0.2, 0.25) is 0 Å². The lowest BCUT2D eigenvalue weighted by Gasteiger charge is -2.33. The third-order valence-corrected chi connectivity index (χ3v) is 6.95. The van der Waals surface area contributed by atoms with Gasteiger partial charge in [-0.1, -0.05) is 6.07 Å². The van der Waals surface area contributed by atoms with Gasteiger partial charge in [-0.05, 0) is 48.6 Å². The van der Waals surface area contributed by atoms with E-state index in [0.717, 1.165) is 16.6 Å². The molecular formula is C24H27F4N7O2. The third-order valence-electron chi connectivity index (χ3n) is 6.95. The maximum Gasteiger partial charge on any atom is 0.453 e. The minimum absolute atomic E-state index is 0.0285. The van der Waals surface area contributed by atoms with Crippen LogP contribution in [0.4, 0.5) is 23.4 Å². The zero-order valence-electron chi connectivity index (χ0n) is 20.3. The molecule has 0 bridgehead atoms. The molecule has 3 aromatic rings. The number of nitrogens with zero attached hydrogens (tertiary/aromatic N) is 7. The number of fused-ring (bicyclic) bond motifs is 1. The molecule has 2 aliphatic rings. The van der Waals surface area contributed by atoms with Crippen LogP contribution >= 0.6 is 0 Å². The molecule has 0 unspecified atom stereocenters. The number of aromatic nitrogens is 4. The highest BCUT2D eigenvalue weighted by Crippen LogP contribution is 2.33. The molecule has 0 atom stereocenters. The Kier molecular flexibility index (Phi) is 6.88. The Morgan fingerprint density at radius 1 is 1.05 bits per heavy atom. The Hall–Kier alpha value is -3.48. The fraction of sp³-hybridized carbons (Fsp3) is 0.500. The minimum atomic E-state index is -4.65. The van der Waals surface area contributed by atoms with E-state index in [2.05, 4.69) is 15.3 Å². The number of hydrogen-bond donors (Lipinski definition) is 0. The van der Waals surface area contributed by atoms with E-state index >= 15 is 0 Å². The Morgan fingerprint density at radius 3 is 2.54 bits per heavy atom.